The quantitative estimate of drug-likeness (QED) is 0.778. The van der Waals surface area contributed by atoms with Crippen molar-refractivity contribution in [1.29, 1.82) is 0 Å². The number of hydrogen-bond acceptors (Lipinski definition) is 2. The van der Waals surface area contributed by atoms with Crippen LogP contribution in [-0.4, -0.2) is 18.7 Å². The van der Waals surface area contributed by atoms with Crippen molar-refractivity contribution in [2.24, 2.45) is 0 Å². The van der Waals surface area contributed by atoms with E-state index in [0.29, 0.717) is 6.42 Å². The second-order valence-corrected chi connectivity index (χ2v) is 4.48. The standard InChI is InChI=1S/C12H14BrFO2/c1-9(15)16-6-5-12(14)8-10-3-2-4-11(13)7-10/h2-4,7,12H,5-6,8H2,1H3. The Kier molecular flexibility index (Phi) is 5.46. The molecule has 0 aliphatic rings. The predicted molar refractivity (Wildman–Crippen MR) is 64.0 cm³/mol. The van der Waals surface area contributed by atoms with Crippen LogP contribution >= 0.6 is 15.9 Å². The molecule has 88 valence electrons. The van der Waals surface area contributed by atoms with Gasteiger partial charge in [0.05, 0.1) is 6.61 Å². The highest BCUT2D eigenvalue weighted by Gasteiger charge is 2.08. The third kappa shape index (κ3) is 5.26. The van der Waals surface area contributed by atoms with Gasteiger partial charge in [0.15, 0.2) is 0 Å². The fraction of sp³-hybridized carbons (Fsp3) is 0.417. The molecule has 2 nitrogen and oxygen atoms in total. The molecule has 0 heterocycles. The van der Waals surface area contributed by atoms with E-state index in [9.17, 15) is 9.18 Å². The summed E-state index contributed by atoms with van der Waals surface area (Å²) in [6, 6.07) is 7.54. The van der Waals surface area contributed by atoms with E-state index >= 15 is 0 Å². The minimum Gasteiger partial charge on any atom is -0.466 e. The van der Waals surface area contributed by atoms with Crippen LogP contribution in [0.1, 0.15) is 18.9 Å². The van der Waals surface area contributed by atoms with Crippen LogP contribution in [0.3, 0.4) is 0 Å². The lowest BCUT2D eigenvalue weighted by molar-refractivity contribution is -0.141. The minimum absolute atomic E-state index is 0.143. The van der Waals surface area contributed by atoms with Gasteiger partial charge >= 0.3 is 5.97 Å². The van der Waals surface area contributed by atoms with Crippen molar-refractivity contribution < 1.29 is 13.9 Å². The smallest absolute Gasteiger partial charge is 0.302 e. The highest BCUT2D eigenvalue weighted by atomic mass is 79.9. The number of ether oxygens (including phenoxy) is 1. The molecule has 0 aliphatic heterocycles. The summed E-state index contributed by atoms with van der Waals surface area (Å²) in [6.45, 7) is 1.46. The summed E-state index contributed by atoms with van der Waals surface area (Å²) < 4.78 is 19.1. The molecule has 0 radical (unpaired) electrons. The second kappa shape index (κ2) is 6.63. The van der Waals surface area contributed by atoms with E-state index in [1.54, 1.807) is 0 Å². The lowest BCUT2D eigenvalue weighted by Crippen LogP contribution is -2.10. The zero-order chi connectivity index (χ0) is 12.0. The lowest BCUT2D eigenvalue weighted by atomic mass is 10.1. The van der Waals surface area contributed by atoms with Gasteiger partial charge in [-0.3, -0.25) is 4.79 Å². The Hall–Kier alpha value is -0.900. The van der Waals surface area contributed by atoms with Crippen molar-refractivity contribution in [3.8, 4) is 0 Å². The monoisotopic (exact) mass is 288 g/mol. The molecule has 1 aromatic carbocycles. The normalized spacial score (nSPS) is 12.2. The Bertz CT molecular complexity index is 355. The maximum absolute atomic E-state index is 13.5. The summed E-state index contributed by atoms with van der Waals surface area (Å²) in [7, 11) is 0. The molecular weight excluding hydrogens is 275 g/mol. The van der Waals surface area contributed by atoms with Crippen LogP contribution < -0.4 is 0 Å². The number of esters is 1. The third-order valence-corrected chi connectivity index (χ3v) is 2.58. The summed E-state index contributed by atoms with van der Waals surface area (Å²) in [6.07, 6.45) is -0.388. The Morgan fingerprint density at radius 2 is 2.31 bits per heavy atom. The van der Waals surface area contributed by atoms with Crippen LogP contribution in [0.5, 0.6) is 0 Å². The van der Waals surface area contributed by atoms with Crippen LogP contribution in [0.15, 0.2) is 28.7 Å². The van der Waals surface area contributed by atoms with Gasteiger partial charge in [-0.05, 0) is 17.7 Å². The number of halogens is 2. The molecule has 0 saturated carbocycles. The van der Waals surface area contributed by atoms with Crippen LogP contribution in [0.25, 0.3) is 0 Å². The average molecular weight is 289 g/mol. The van der Waals surface area contributed by atoms with Crippen molar-refractivity contribution >= 4 is 21.9 Å². The Labute approximate surface area is 103 Å². The SMILES string of the molecule is CC(=O)OCCC(F)Cc1cccc(Br)c1. The summed E-state index contributed by atoms with van der Waals surface area (Å²) in [5, 5.41) is 0. The first kappa shape index (κ1) is 13.2. The van der Waals surface area contributed by atoms with Gasteiger partial charge in [0.2, 0.25) is 0 Å². The highest BCUT2D eigenvalue weighted by molar-refractivity contribution is 9.10. The Morgan fingerprint density at radius 3 is 2.94 bits per heavy atom. The van der Waals surface area contributed by atoms with Gasteiger partial charge in [-0.1, -0.05) is 28.1 Å². The van der Waals surface area contributed by atoms with Gasteiger partial charge in [0.25, 0.3) is 0 Å². The molecule has 1 rings (SSSR count). The fourth-order valence-electron chi connectivity index (χ4n) is 1.35. The zero-order valence-electron chi connectivity index (χ0n) is 9.08. The minimum atomic E-state index is -0.978. The van der Waals surface area contributed by atoms with Gasteiger partial charge in [0, 0.05) is 24.2 Å². The van der Waals surface area contributed by atoms with E-state index in [1.807, 2.05) is 24.3 Å². The zero-order valence-corrected chi connectivity index (χ0v) is 10.7. The maximum atomic E-state index is 13.5. The summed E-state index contributed by atoms with van der Waals surface area (Å²) in [5.74, 6) is -0.366. The predicted octanol–water partition coefficient (Wildman–Crippen LogP) is 3.28. The second-order valence-electron chi connectivity index (χ2n) is 3.56. The van der Waals surface area contributed by atoms with E-state index in [4.69, 9.17) is 0 Å². The summed E-state index contributed by atoms with van der Waals surface area (Å²) in [5.41, 5.74) is 0.935. The van der Waals surface area contributed by atoms with E-state index in [-0.39, 0.29) is 19.0 Å². The van der Waals surface area contributed by atoms with E-state index < -0.39 is 6.17 Å². The number of carbonyl (C=O) groups excluding carboxylic acids is 1. The molecule has 1 aromatic rings. The van der Waals surface area contributed by atoms with Crippen molar-refractivity contribution in [3.05, 3.63) is 34.3 Å². The lowest BCUT2D eigenvalue weighted by Gasteiger charge is -2.08. The molecule has 0 aromatic heterocycles. The number of hydrogen-bond donors (Lipinski definition) is 0. The largest absolute Gasteiger partial charge is 0.466 e. The Balaban J connectivity index is 2.33. The van der Waals surface area contributed by atoms with Gasteiger partial charge in [-0.25, -0.2) is 4.39 Å². The molecule has 1 unspecified atom stereocenters. The molecule has 0 aliphatic carbocycles. The van der Waals surface area contributed by atoms with Crippen molar-refractivity contribution in [2.45, 2.75) is 25.9 Å². The van der Waals surface area contributed by atoms with Crippen LogP contribution in [0.4, 0.5) is 4.39 Å². The van der Waals surface area contributed by atoms with Crippen molar-refractivity contribution in [3.63, 3.8) is 0 Å². The van der Waals surface area contributed by atoms with Crippen LogP contribution in [0.2, 0.25) is 0 Å². The molecule has 0 amide bonds. The topological polar surface area (TPSA) is 26.3 Å². The molecule has 0 spiro atoms. The third-order valence-electron chi connectivity index (χ3n) is 2.08. The first-order valence-corrected chi connectivity index (χ1v) is 5.89. The highest BCUT2D eigenvalue weighted by Crippen LogP contribution is 2.15. The number of alkyl halides is 1. The van der Waals surface area contributed by atoms with E-state index in [1.165, 1.54) is 6.92 Å². The summed E-state index contributed by atoms with van der Waals surface area (Å²) >= 11 is 3.33. The molecule has 0 fully saturated rings. The molecular formula is C12H14BrFO2. The average Bonchev–Trinajstić information content (AvgIpc) is 2.16. The Morgan fingerprint density at radius 1 is 1.56 bits per heavy atom. The molecule has 0 bridgehead atoms. The first-order valence-electron chi connectivity index (χ1n) is 5.10. The number of carbonyl (C=O) groups is 1. The van der Waals surface area contributed by atoms with E-state index in [2.05, 4.69) is 20.7 Å². The van der Waals surface area contributed by atoms with Gasteiger partial charge < -0.3 is 4.74 Å². The van der Waals surface area contributed by atoms with Crippen LogP contribution in [0, 0.1) is 0 Å². The van der Waals surface area contributed by atoms with E-state index in [0.717, 1.165) is 10.0 Å². The van der Waals surface area contributed by atoms with Crippen molar-refractivity contribution in [1.82, 2.24) is 0 Å². The molecule has 1 atom stereocenters. The molecule has 0 N–H and O–H groups in total. The number of rotatable bonds is 5. The summed E-state index contributed by atoms with van der Waals surface area (Å²) in [4.78, 5) is 10.5. The molecule has 16 heavy (non-hydrogen) atoms. The number of benzene rings is 1. The van der Waals surface area contributed by atoms with Crippen molar-refractivity contribution in [2.75, 3.05) is 6.61 Å². The first-order chi connectivity index (χ1) is 7.58. The molecule has 4 heteroatoms. The van der Waals surface area contributed by atoms with Crippen LogP contribution in [-0.2, 0) is 16.0 Å². The fourth-order valence-corrected chi connectivity index (χ4v) is 1.80. The maximum Gasteiger partial charge on any atom is 0.302 e. The molecule has 0 saturated heterocycles. The van der Waals surface area contributed by atoms with Gasteiger partial charge in [0.1, 0.15) is 6.17 Å². The van der Waals surface area contributed by atoms with Gasteiger partial charge in [-0.2, -0.15) is 0 Å². The van der Waals surface area contributed by atoms with Gasteiger partial charge in [-0.15, -0.1) is 0 Å².